The Bertz CT molecular complexity index is 549. The molecule has 1 atom stereocenters. The highest BCUT2D eigenvalue weighted by Crippen LogP contribution is 2.23. The maximum atomic E-state index is 6.07. The van der Waals surface area contributed by atoms with E-state index in [4.69, 9.17) is 19.7 Å². The van der Waals surface area contributed by atoms with Gasteiger partial charge in [-0.25, -0.2) is 0 Å². The smallest absolute Gasteiger partial charge is 0.257 e. The monoisotopic (exact) mass is 277 g/mol. The molecule has 6 nitrogen and oxygen atoms in total. The summed E-state index contributed by atoms with van der Waals surface area (Å²) in [6.07, 6.45) is 0. The molecule has 0 aliphatic heterocycles. The third-order valence-corrected chi connectivity index (χ3v) is 2.79. The van der Waals surface area contributed by atoms with Gasteiger partial charge in [0.2, 0.25) is 0 Å². The Labute approximate surface area is 117 Å². The summed E-state index contributed by atoms with van der Waals surface area (Å²) in [6, 6.07) is 7.46. The van der Waals surface area contributed by atoms with Crippen molar-refractivity contribution in [1.82, 2.24) is 10.1 Å². The number of ether oxygens (including phenoxy) is 2. The lowest BCUT2D eigenvalue weighted by molar-refractivity contribution is 0.135. The average Bonchev–Trinajstić information content (AvgIpc) is 2.90. The summed E-state index contributed by atoms with van der Waals surface area (Å²) >= 11 is 0. The van der Waals surface area contributed by atoms with Gasteiger partial charge in [-0.05, 0) is 38.1 Å². The molecule has 1 heterocycles. The fourth-order valence-electron chi connectivity index (χ4n) is 1.80. The number of methoxy groups -OCH3 is 1. The van der Waals surface area contributed by atoms with Crippen LogP contribution in [0.2, 0.25) is 0 Å². The molecule has 2 N–H and O–H groups in total. The molecule has 0 radical (unpaired) electrons. The van der Waals surface area contributed by atoms with Gasteiger partial charge in [-0.3, -0.25) is 0 Å². The molecule has 0 bridgehead atoms. The third-order valence-electron chi connectivity index (χ3n) is 2.79. The first kappa shape index (κ1) is 14.5. The van der Waals surface area contributed by atoms with Crippen LogP contribution in [0.15, 0.2) is 28.8 Å². The molecule has 2 aromatic rings. The largest absolute Gasteiger partial charge is 0.494 e. The van der Waals surface area contributed by atoms with Crippen LogP contribution in [-0.2, 0) is 10.3 Å². The Hall–Kier alpha value is -1.92. The second-order valence-electron chi connectivity index (χ2n) is 4.73. The third kappa shape index (κ3) is 3.15. The first-order chi connectivity index (χ1) is 9.56. The van der Waals surface area contributed by atoms with Crippen molar-refractivity contribution in [2.75, 3.05) is 20.3 Å². The van der Waals surface area contributed by atoms with Crippen LogP contribution in [0.5, 0.6) is 5.75 Å². The van der Waals surface area contributed by atoms with E-state index in [1.165, 1.54) is 0 Å². The number of nitrogens with two attached hydrogens (primary N) is 1. The van der Waals surface area contributed by atoms with Crippen LogP contribution < -0.4 is 10.5 Å². The van der Waals surface area contributed by atoms with Crippen LogP contribution >= 0.6 is 0 Å². The van der Waals surface area contributed by atoms with E-state index >= 15 is 0 Å². The highest BCUT2D eigenvalue weighted by atomic mass is 16.5. The van der Waals surface area contributed by atoms with Crippen molar-refractivity contribution in [2.45, 2.75) is 19.4 Å². The second kappa shape index (κ2) is 6.02. The zero-order chi connectivity index (χ0) is 14.6. The minimum Gasteiger partial charge on any atom is -0.494 e. The molecule has 0 aliphatic carbocycles. The summed E-state index contributed by atoms with van der Waals surface area (Å²) in [7, 11) is 1.58. The van der Waals surface area contributed by atoms with E-state index in [2.05, 4.69) is 10.1 Å². The van der Waals surface area contributed by atoms with Crippen molar-refractivity contribution in [3.8, 4) is 17.2 Å². The number of nitrogens with zero attached hydrogens (tertiary/aromatic N) is 2. The summed E-state index contributed by atoms with van der Waals surface area (Å²) in [5.74, 6) is 1.65. The van der Waals surface area contributed by atoms with Crippen LogP contribution in [0.4, 0.5) is 0 Å². The Morgan fingerprint density at radius 3 is 2.60 bits per heavy atom. The predicted octanol–water partition coefficient (Wildman–Crippen LogP) is 1.96. The quantitative estimate of drug-likeness (QED) is 0.869. The topological polar surface area (TPSA) is 83.4 Å². The normalized spacial score (nSPS) is 14.0. The van der Waals surface area contributed by atoms with E-state index < -0.39 is 5.54 Å². The summed E-state index contributed by atoms with van der Waals surface area (Å²) in [5.41, 5.74) is 6.12. The van der Waals surface area contributed by atoms with Crippen molar-refractivity contribution in [3.05, 3.63) is 30.1 Å². The van der Waals surface area contributed by atoms with Crippen LogP contribution in [-0.4, -0.2) is 30.5 Å². The molecule has 0 saturated heterocycles. The van der Waals surface area contributed by atoms with Crippen LogP contribution in [0.25, 0.3) is 11.5 Å². The first-order valence-electron chi connectivity index (χ1n) is 6.42. The average molecular weight is 277 g/mol. The molecular weight excluding hydrogens is 258 g/mol. The van der Waals surface area contributed by atoms with E-state index in [9.17, 15) is 0 Å². The number of hydrogen-bond acceptors (Lipinski definition) is 6. The second-order valence-corrected chi connectivity index (χ2v) is 4.73. The molecule has 0 aliphatic rings. The number of aromatic nitrogens is 2. The molecule has 6 heteroatoms. The maximum absolute atomic E-state index is 6.07. The minimum atomic E-state index is -0.776. The molecular formula is C14H19N3O3. The van der Waals surface area contributed by atoms with Crippen molar-refractivity contribution < 1.29 is 14.0 Å². The Morgan fingerprint density at radius 2 is 2.00 bits per heavy atom. The Balaban J connectivity index is 2.20. The fraction of sp³-hybridized carbons (Fsp3) is 0.429. The fourth-order valence-corrected chi connectivity index (χ4v) is 1.80. The van der Waals surface area contributed by atoms with Crippen molar-refractivity contribution in [3.63, 3.8) is 0 Å². The molecule has 1 aromatic carbocycles. The van der Waals surface area contributed by atoms with Crippen LogP contribution in [0.1, 0.15) is 19.7 Å². The number of benzene rings is 1. The lowest BCUT2D eigenvalue weighted by Crippen LogP contribution is -2.38. The molecule has 0 amide bonds. The number of hydrogen-bond donors (Lipinski definition) is 1. The predicted molar refractivity (Wildman–Crippen MR) is 74.3 cm³/mol. The summed E-state index contributed by atoms with van der Waals surface area (Å²) in [5, 5.41) is 3.92. The van der Waals surface area contributed by atoms with Crippen molar-refractivity contribution >= 4 is 0 Å². The van der Waals surface area contributed by atoms with Gasteiger partial charge in [0.05, 0.1) is 13.2 Å². The minimum absolute atomic E-state index is 0.315. The summed E-state index contributed by atoms with van der Waals surface area (Å²) in [6.45, 7) is 4.68. The number of rotatable bonds is 6. The SMILES string of the molecule is CCOc1ccc(-c2nc(C(C)(N)COC)no2)cc1. The zero-order valence-electron chi connectivity index (χ0n) is 11.9. The van der Waals surface area contributed by atoms with Gasteiger partial charge in [-0.2, -0.15) is 4.98 Å². The van der Waals surface area contributed by atoms with E-state index in [1.54, 1.807) is 14.0 Å². The Morgan fingerprint density at radius 1 is 1.30 bits per heavy atom. The van der Waals surface area contributed by atoms with Gasteiger partial charge in [0.15, 0.2) is 5.82 Å². The summed E-state index contributed by atoms with van der Waals surface area (Å²) < 4.78 is 15.7. The lowest BCUT2D eigenvalue weighted by atomic mass is 10.1. The first-order valence-corrected chi connectivity index (χ1v) is 6.42. The maximum Gasteiger partial charge on any atom is 0.257 e. The van der Waals surface area contributed by atoms with E-state index in [0.29, 0.717) is 24.9 Å². The molecule has 1 unspecified atom stereocenters. The van der Waals surface area contributed by atoms with E-state index in [0.717, 1.165) is 11.3 Å². The van der Waals surface area contributed by atoms with Gasteiger partial charge < -0.3 is 19.7 Å². The highest BCUT2D eigenvalue weighted by Gasteiger charge is 2.27. The van der Waals surface area contributed by atoms with E-state index in [-0.39, 0.29) is 0 Å². The van der Waals surface area contributed by atoms with E-state index in [1.807, 2.05) is 31.2 Å². The van der Waals surface area contributed by atoms with Gasteiger partial charge in [0, 0.05) is 12.7 Å². The van der Waals surface area contributed by atoms with Gasteiger partial charge in [-0.1, -0.05) is 5.16 Å². The highest BCUT2D eigenvalue weighted by molar-refractivity contribution is 5.54. The van der Waals surface area contributed by atoms with Gasteiger partial charge >= 0.3 is 0 Å². The molecule has 1 aromatic heterocycles. The Kier molecular flexibility index (Phi) is 4.36. The molecule has 0 spiro atoms. The lowest BCUT2D eigenvalue weighted by Gasteiger charge is -2.18. The van der Waals surface area contributed by atoms with Crippen molar-refractivity contribution in [2.24, 2.45) is 5.73 Å². The van der Waals surface area contributed by atoms with Crippen LogP contribution in [0, 0.1) is 0 Å². The van der Waals surface area contributed by atoms with Gasteiger partial charge in [0.25, 0.3) is 5.89 Å². The van der Waals surface area contributed by atoms with Gasteiger partial charge in [-0.15, -0.1) is 0 Å². The molecule has 0 fully saturated rings. The van der Waals surface area contributed by atoms with Gasteiger partial charge in [0.1, 0.15) is 11.3 Å². The zero-order valence-corrected chi connectivity index (χ0v) is 11.9. The standard InChI is InChI=1S/C14H19N3O3/c1-4-19-11-7-5-10(6-8-11)12-16-13(17-20-12)14(2,15)9-18-3/h5-8H,4,9,15H2,1-3H3. The molecule has 2 rings (SSSR count). The van der Waals surface area contributed by atoms with Crippen LogP contribution in [0.3, 0.4) is 0 Å². The molecule has 20 heavy (non-hydrogen) atoms. The molecule has 108 valence electrons. The van der Waals surface area contributed by atoms with Crippen molar-refractivity contribution in [1.29, 1.82) is 0 Å². The summed E-state index contributed by atoms with van der Waals surface area (Å²) in [4.78, 5) is 4.32. The molecule has 0 saturated carbocycles.